The smallest absolute Gasteiger partial charge is 0.286 e. The molecule has 158 valence electrons. The van der Waals surface area contributed by atoms with Gasteiger partial charge in [-0.2, -0.15) is 5.26 Å². The van der Waals surface area contributed by atoms with E-state index in [0.717, 1.165) is 39.8 Å². The van der Waals surface area contributed by atoms with E-state index in [1.165, 1.54) is 0 Å². The van der Waals surface area contributed by atoms with E-state index in [4.69, 9.17) is 10.00 Å². The molecule has 2 aromatic carbocycles. The van der Waals surface area contributed by atoms with Gasteiger partial charge in [0.1, 0.15) is 11.5 Å². The number of thioether (sulfide) groups is 1. The van der Waals surface area contributed by atoms with E-state index in [-0.39, 0.29) is 22.8 Å². The second-order valence-electron chi connectivity index (χ2n) is 7.86. The standard InChI is InChI=1S/C24H22N2O4S/c1-30-20-9-6-16(12-21-23(28)26-24(29)31-21)19-8-7-18(27)11-17(22(19)20)10-14-2-4-15(13-25)5-3-14/h2-6,9,17,21H,7-8,10-12H2,1H3,(H,26,28,29). The summed E-state index contributed by atoms with van der Waals surface area (Å²) < 4.78 is 5.68. The Balaban J connectivity index is 1.72. The summed E-state index contributed by atoms with van der Waals surface area (Å²) in [5.74, 6) is 0.621. The van der Waals surface area contributed by atoms with E-state index in [1.54, 1.807) is 19.2 Å². The van der Waals surface area contributed by atoms with Crippen molar-refractivity contribution < 1.29 is 19.1 Å². The normalized spacial score (nSPS) is 20.6. The van der Waals surface area contributed by atoms with Crippen molar-refractivity contribution in [2.24, 2.45) is 0 Å². The van der Waals surface area contributed by atoms with Crippen LogP contribution in [-0.4, -0.2) is 29.3 Å². The van der Waals surface area contributed by atoms with Crippen LogP contribution in [0.4, 0.5) is 4.79 Å². The SMILES string of the molecule is COc1ccc(CC2SC(=O)NC2=O)c2c1C(Cc1ccc(C#N)cc1)CC(=O)CC2. The summed E-state index contributed by atoms with van der Waals surface area (Å²) in [4.78, 5) is 36.3. The number of hydrogen-bond donors (Lipinski definition) is 1. The van der Waals surface area contributed by atoms with Gasteiger partial charge >= 0.3 is 0 Å². The number of nitriles is 1. The van der Waals surface area contributed by atoms with Crippen molar-refractivity contribution in [3.63, 3.8) is 0 Å². The van der Waals surface area contributed by atoms with Crippen molar-refractivity contribution in [2.75, 3.05) is 7.11 Å². The van der Waals surface area contributed by atoms with E-state index in [0.29, 0.717) is 37.7 Å². The Bertz CT molecular complexity index is 1090. The quantitative estimate of drug-likeness (QED) is 0.721. The molecule has 1 fully saturated rings. The Labute approximate surface area is 185 Å². The molecule has 0 saturated carbocycles. The first kappa shape index (κ1) is 21.1. The summed E-state index contributed by atoms with van der Waals surface area (Å²) in [6.45, 7) is 0. The fourth-order valence-corrected chi connectivity index (χ4v) is 5.29. The third-order valence-corrected chi connectivity index (χ3v) is 6.89. The highest BCUT2D eigenvalue weighted by Crippen LogP contribution is 2.40. The van der Waals surface area contributed by atoms with E-state index in [2.05, 4.69) is 11.4 Å². The molecule has 4 rings (SSSR count). The van der Waals surface area contributed by atoms with Crippen LogP contribution < -0.4 is 10.1 Å². The van der Waals surface area contributed by atoms with Gasteiger partial charge in [0.2, 0.25) is 5.91 Å². The largest absolute Gasteiger partial charge is 0.496 e. The van der Waals surface area contributed by atoms with Crippen LogP contribution in [0.15, 0.2) is 36.4 Å². The third kappa shape index (κ3) is 4.49. The summed E-state index contributed by atoms with van der Waals surface area (Å²) in [5.41, 5.74) is 4.70. The van der Waals surface area contributed by atoms with Crippen LogP contribution in [0, 0.1) is 11.3 Å². The number of benzene rings is 2. The van der Waals surface area contributed by atoms with Crippen LogP contribution in [0.1, 0.15) is 46.6 Å². The van der Waals surface area contributed by atoms with Crippen molar-refractivity contribution in [2.45, 2.75) is 43.3 Å². The number of ether oxygens (including phenoxy) is 1. The summed E-state index contributed by atoms with van der Waals surface area (Å²) in [7, 11) is 1.62. The highest BCUT2D eigenvalue weighted by atomic mass is 32.2. The number of nitrogens with one attached hydrogen (secondary N) is 1. The van der Waals surface area contributed by atoms with Gasteiger partial charge in [-0.05, 0) is 60.1 Å². The van der Waals surface area contributed by atoms with Gasteiger partial charge in [-0.1, -0.05) is 30.0 Å². The minimum absolute atomic E-state index is 0.0560. The molecule has 1 N–H and O–H groups in total. The zero-order valence-electron chi connectivity index (χ0n) is 17.1. The lowest BCUT2D eigenvalue weighted by molar-refractivity contribution is -0.120. The molecule has 0 radical (unpaired) electrons. The first-order valence-corrected chi connectivity index (χ1v) is 11.1. The van der Waals surface area contributed by atoms with Gasteiger partial charge in [0, 0.05) is 18.4 Å². The zero-order chi connectivity index (χ0) is 22.0. The van der Waals surface area contributed by atoms with Gasteiger partial charge in [-0.3, -0.25) is 19.7 Å². The van der Waals surface area contributed by atoms with Gasteiger partial charge in [0.15, 0.2) is 0 Å². The van der Waals surface area contributed by atoms with Gasteiger partial charge in [0.05, 0.1) is 24.0 Å². The number of Topliss-reactive ketones (excluding diaryl/α,β-unsaturated/α-hetero) is 1. The molecule has 2 atom stereocenters. The van der Waals surface area contributed by atoms with Gasteiger partial charge < -0.3 is 4.74 Å². The Hall–Kier alpha value is -3.11. The lowest BCUT2D eigenvalue weighted by Gasteiger charge is -2.23. The van der Waals surface area contributed by atoms with E-state index in [1.807, 2.05) is 24.3 Å². The number of methoxy groups -OCH3 is 1. The first-order chi connectivity index (χ1) is 15.0. The number of hydrogen-bond acceptors (Lipinski definition) is 6. The lowest BCUT2D eigenvalue weighted by atomic mass is 9.84. The number of carbonyl (C=O) groups is 3. The van der Waals surface area contributed by atoms with Gasteiger partial charge in [-0.25, -0.2) is 0 Å². The fourth-order valence-electron chi connectivity index (χ4n) is 4.45. The van der Waals surface area contributed by atoms with Crippen molar-refractivity contribution in [3.8, 4) is 11.8 Å². The molecule has 31 heavy (non-hydrogen) atoms. The number of rotatable bonds is 5. The van der Waals surface area contributed by atoms with E-state index in [9.17, 15) is 14.4 Å². The lowest BCUT2D eigenvalue weighted by Crippen LogP contribution is -2.25. The molecule has 2 aromatic rings. The highest BCUT2D eigenvalue weighted by molar-refractivity contribution is 8.15. The molecule has 2 aliphatic rings. The molecule has 0 spiro atoms. The minimum Gasteiger partial charge on any atom is -0.496 e. The van der Waals surface area contributed by atoms with Crippen molar-refractivity contribution in [1.29, 1.82) is 5.26 Å². The predicted octanol–water partition coefficient (Wildman–Crippen LogP) is 3.69. The Morgan fingerprint density at radius 1 is 1.10 bits per heavy atom. The average molecular weight is 435 g/mol. The summed E-state index contributed by atoms with van der Waals surface area (Å²) in [6.07, 6.45) is 2.55. The number of ketones is 1. The molecule has 0 aromatic heterocycles. The number of amides is 2. The third-order valence-electron chi connectivity index (χ3n) is 5.91. The number of nitrogens with zero attached hydrogens (tertiary/aromatic N) is 1. The monoisotopic (exact) mass is 434 g/mol. The topological polar surface area (TPSA) is 96.3 Å². The maximum absolute atomic E-state index is 12.6. The molecule has 1 aliphatic carbocycles. The van der Waals surface area contributed by atoms with E-state index < -0.39 is 5.25 Å². The first-order valence-electron chi connectivity index (χ1n) is 10.2. The van der Waals surface area contributed by atoms with Gasteiger partial charge in [0.25, 0.3) is 5.24 Å². The molecular weight excluding hydrogens is 412 g/mol. The second-order valence-corrected chi connectivity index (χ2v) is 9.03. The zero-order valence-corrected chi connectivity index (χ0v) is 18.0. The predicted molar refractivity (Wildman–Crippen MR) is 117 cm³/mol. The summed E-state index contributed by atoms with van der Waals surface area (Å²) in [6, 6.07) is 13.4. The van der Waals surface area contributed by atoms with Crippen molar-refractivity contribution >= 4 is 28.7 Å². The Morgan fingerprint density at radius 2 is 1.87 bits per heavy atom. The number of imide groups is 1. The number of carbonyl (C=O) groups excluding carboxylic acids is 3. The number of fused-ring (bicyclic) bond motifs is 1. The van der Waals surface area contributed by atoms with Crippen molar-refractivity contribution in [3.05, 3.63) is 64.2 Å². The van der Waals surface area contributed by atoms with Crippen LogP contribution in [0.5, 0.6) is 5.75 Å². The molecule has 1 saturated heterocycles. The van der Waals surface area contributed by atoms with E-state index >= 15 is 0 Å². The average Bonchev–Trinajstić information content (AvgIpc) is 2.98. The van der Waals surface area contributed by atoms with Crippen molar-refractivity contribution in [1.82, 2.24) is 5.32 Å². The van der Waals surface area contributed by atoms with Crippen LogP contribution in [0.25, 0.3) is 0 Å². The van der Waals surface area contributed by atoms with Crippen LogP contribution in [0.2, 0.25) is 0 Å². The molecule has 0 bridgehead atoms. The van der Waals surface area contributed by atoms with Crippen LogP contribution in [-0.2, 0) is 28.9 Å². The Kier molecular flexibility index (Phi) is 6.10. The second kappa shape index (κ2) is 8.94. The van der Waals surface area contributed by atoms with Crippen LogP contribution in [0.3, 0.4) is 0 Å². The van der Waals surface area contributed by atoms with Crippen LogP contribution >= 0.6 is 11.8 Å². The molecule has 1 aliphatic heterocycles. The minimum atomic E-state index is -0.457. The van der Waals surface area contributed by atoms with Gasteiger partial charge in [-0.15, -0.1) is 0 Å². The maximum atomic E-state index is 12.6. The molecular formula is C24H22N2O4S. The molecule has 1 heterocycles. The molecule has 2 unspecified atom stereocenters. The highest BCUT2D eigenvalue weighted by Gasteiger charge is 2.34. The molecule has 7 heteroatoms. The molecule has 2 amide bonds. The maximum Gasteiger partial charge on any atom is 0.286 e. The Morgan fingerprint density at radius 3 is 2.52 bits per heavy atom. The molecule has 6 nitrogen and oxygen atoms in total. The summed E-state index contributed by atoms with van der Waals surface area (Å²) >= 11 is 1.02. The summed E-state index contributed by atoms with van der Waals surface area (Å²) in [5, 5.41) is 10.6. The fraction of sp³-hybridized carbons (Fsp3) is 0.333.